The molecule has 0 bridgehead atoms. The molecule has 0 heterocycles. The van der Waals surface area contributed by atoms with E-state index in [-0.39, 0.29) is 0 Å². The molecular formula is C10H11F2NO2. The number of methoxy groups -OCH3 is 1. The maximum Gasteiger partial charge on any atom is 0.315 e. The molecule has 1 rings (SSSR count). The van der Waals surface area contributed by atoms with Crippen molar-refractivity contribution in [3.63, 3.8) is 0 Å². The molecule has 0 radical (unpaired) electrons. The highest BCUT2D eigenvalue weighted by atomic mass is 19.3. The number of nitrogens with one attached hydrogen (secondary N) is 1. The van der Waals surface area contributed by atoms with Gasteiger partial charge < -0.3 is 10.1 Å². The van der Waals surface area contributed by atoms with Gasteiger partial charge in [0.1, 0.15) is 5.75 Å². The molecule has 82 valence electrons. The van der Waals surface area contributed by atoms with Crippen molar-refractivity contribution >= 4 is 11.6 Å². The van der Waals surface area contributed by atoms with Crippen molar-refractivity contribution in [2.45, 2.75) is 13.3 Å². The van der Waals surface area contributed by atoms with Crippen LogP contribution in [0.2, 0.25) is 0 Å². The number of anilines is 1. The number of aryl methyl sites for hydroxylation is 1. The van der Waals surface area contributed by atoms with Gasteiger partial charge in [0.25, 0.3) is 5.91 Å². The van der Waals surface area contributed by atoms with E-state index in [0.29, 0.717) is 11.4 Å². The van der Waals surface area contributed by atoms with Gasteiger partial charge in [-0.1, -0.05) is 0 Å². The van der Waals surface area contributed by atoms with Crippen molar-refractivity contribution in [3.8, 4) is 5.75 Å². The van der Waals surface area contributed by atoms with Gasteiger partial charge in [-0.3, -0.25) is 4.79 Å². The highest BCUT2D eigenvalue weighted by molar-refractivity contribution is 5.93. The lowest BCUT2D eigenvalue weighted by molar-refractivity contribution is -0.126. The van der Waals surface area contributed by atoms with Crippen molar-refractivity contribution < 1.29 is 18.3 Å². The molecular weight excluding hydrogens is 204 g/mol. The van der Waals surface area contributed by atoms with E-state index >= 15 is 0 Å². The molecule has 0 aliphatic heterocycles. The van der Waals surface area contributed by atoms with Crippen LogP contribution in [0.15, 0.2) is 18.2 Å². The summed E-state index contributed by atoms with van der Waals surface area (Å²) in [7, 11) is 1.51. The van der Waals surface area contributed by atoms with Gasteiger partial charge in [-0.05, 0) is 30.7 Å². The molecule has 15 heavy (non-hydrogen) atoms. The van der Waals surface area contributed by atoms with Gasteiger partial charge in [0, 0.05) is 5.69 Å². The number of carbonyl (C=O) groups excluding carboxylic acids is 1. The summed E-state index contributed by atoms with van der Waals surface area (Å²) < 4.78 is 28.8. The standard InChI is InChI=1S/C10H11F2NO2/c1-6-5-7(3-4-8(6)15-2)13-10(14)9(11)12/h3-5,9H,1-2H3,(H,13,14). The van der Waals surface area contributed by atoms with Gasteiger partial charge in [0.2, 0.25) is 0 Å². The van der Waals surface area contributed by atoms with Gasteiger partial charge >= 0.3 is 6.43 Å². The predicted molar refractivity (Wildman–Crippen MR) is 52.4 cm³/mol. The topological polar surface area (TPSA) is 38.3 Å². The molecule has 1 N–H and O–H groups in total. The fraction of sp³-hybridized carbons (Fsp3) is 0.300. The van der Waals surface area contributed by atoms with Crippen LogP contribution in [0.25, 0.3) is 0 Å². The first-order valence-electron chi connectivity index (χ1n) is 4.28. The van der Waals surface area contributed by atoms with Crippen LogP contribution in [0.5, 0.6) is 5.75 Å². The molecule has 0 aromatic heterocycles. The maximum atomic E-state index is 11.9. The zero-order valence-electron chi connectivity index (χ0n) is 8.38. The highest BCUT2D eigenvalue weighted by Gasteiger charge is 2.15. The van der Waals surface area contributed by atoms with Crippen molar-refractivity contribution in [2.75, 3.05) is 12.4 Å². The van der Waals surface area contributed by atoms with Crippen molar-refractivity contribution in [2.24, 2.45) is 0 Å². The lowest BCUT2D eigenvalue weighted by Crippen LogP contribution is -2.20. The number of rotatable bonds is 3. The Bertz CT molecular complexity index is 366. The first-order valence-corrected chi connectivity index (χ1v) is 4.28. The number of hydrogen-bond acceptors (Lipinski definition) is 2. The van der Waals surface area contributed by atoms with Crippen molar-refractivity contribution in [1.82, 2.24) is 0 Å². The van der Waals surface area contributed by atoms with Crippen molar-refractivity contribution in [1.29, 1.82) is 0 Å². The summed E-state index contributed by atoms with van der Waals surface area (Å²) >= 11 is 0. The normalized spacial score (nSPS) is 10.2. The second-order valence-electron chi connectivity index (χ2n) is 2.97. The van der Waals surface area contributed by atoms with Crippen LogP contribution in [0, 0.1) is 6.92 Å². The number of benzene rings is 1. The third-order valence-corrected chi connectivity index (χ3v) is 1.86. The van der Waals surface area contributed by atoms with E-state index in [4.69, 9.17) is 4.74 Å². The first kappa shape index (κ1) is 11.4. The second-order valence-corrected chi connectivity index (χ2v) is 2.97. The Morgan fingerprint density at radius 2 is 2.13 bits per heavy atom. The Labute approximate surface area is 86.0 Å². The molecule has 0 aliphatic carbocycles. The highest BCUT2D eigenvalue weighted by Crippen LogP contribution is 2.21. The smallest absolute Gasteiger partial charge is 0.315 e. The number of ether oxygens (including phenoxy) is 1. The zero-order chi connectivity index (χ0) is 11.4. The molecule has 0 atom stereocenters. The van der Waals surface area contributed by atoms with Crippen LogP contribution in [0.4, 0.5) is 14.5 Å². The summed E-state index contributed by atoms with van der Waals surface area (Å²) in [5, 5.41) is 2.09. The number of carbonyl (C=O) groups is 1. The van der Waals surface area contributed by atoms with E-state index < -0.39 is 12.3 Å². The third-order valence-electron chi connectivity index (χ3n) is 1.86. The van der Waals surface area contributed by atoms with E-state index in [9.17, 15) is 13.6 Å². The van der Waals surface area contributed by atoms with Crippen LogP contribution in [0.3, 0.4) is 0 Å². The molecule has 1 aromatic rings. The second kappa shape index (κ2) is 4.72. The Balaban J connectivity index is 2.80. The average molecular weight is 215 g/mol. The molecule has 0 spiro atoms. The minimum atomic E-state index is -3.01. The quantitative estimate of drug-likeness (QED) is 0.839. The molecule has 0 saturated heterocycles. The minimum Gasteiger partial charge on any atom is -0.496 e. The number of amides is 1. The Hall–Kier alpha value is -1.65. The molecule has 3 nitrogen and oxygen atoms in total. The van der Waals surface area contributed by atoms with E-state index in [1.54, 1.807) is 19.1 Å². The van der Waals surface area contributed by atoms with E-state index in [0.717, 1.165) is 5.56 Å². The van der Waals surface area contributed by atoms with Gasteiger partial charge in [-0.25, -0.2) is 0 Å². The molecule has 5 heteroatoms. The third kappa shape index (κ3) is 2.90. The fourth-order valence-corrected chi connectivity index (χ4v) is 1.15. The summed E-state index contributed by atoms with van der Waals surface area (Å²) in [5.41, 5.74) is 1.10. The van der Waals surface area contributed by atoms with Gasteiger partial charge in [-0.2, -0.15) is 8.78 Å². The molecule has 0 saturated carbocycles. The molecule has 0 aliphatic rings. The summed E-state index contributed by atoms with van der Waals surface area (Å²) in [6, 6.07) is 4.68. The van der Waals surface area contributed by atoms with Gasteiger partial charge in [0.05, 0.1) is 7.11 Å². The predicted octanol–water partition coefficient (Wildman–Crippen LogP) is 2.21. The molecule has 0 unspecified atom stereocenters. The van der Waals surface area contributed by atoms with Crippen LogP contribution >= 0.6 is 0 Å². The number of hydrogen-bond donors (Lipinski definition) is 1. The molecule has 1 amide bonds. The summed E-state index contributed by atoms with van der Waals surface area (Å²) in [4.78, 5) is 10.7. The monoisotopic (exact) mass is 215 g/mol. The van der Waals surface area contributed by atoms with Crippen LogP contribution < -0.4 is 10.1 Å². The van der Waals surface area contributed by atoms with Crippen LogP contribution in [-0.4, -0.2) is 19.4 Å². The summed E-state index contributed by atoms with van der Waals surface area (Å²) in [6.07, 6.45) is -3.01. The maximum absolute atomic E-state index is 11.9. The largest absolute Gasteiger partial charge is 0.496 e. The minimum absolute atomic E-state index is 0.332. The van der Waals surface area contributed by atoms with E-state index in [1.807, 2.05) is 0 Å². The van der Waals surface area contributed by atoms with Crippen molar-refractivity contribution in [3.05, 3.63) is 23.8 Å². The van der Waals surface area contributed by atoms with Gasteiger partial charge in [-0.15, -0.1) is 0 Å². The zero-order valence-corrected chi connectivity index (χ0v) is 8.38. The number of halogens is 2. The molecule has 1 aromatic carbocycles. The Morgan fingerprint density at radius 3 is 2.60 bits per heavy atom. The number of alkyl halides is 2. The first-order chi connectivity index (χ1) is 7.04. The summed E-state index contributed by atoms with van der Waals surface area (Å²) in [5.74, 6) is -0.662. The van der Waals surface area contributed by atoms with Crippen LogP contribution in [-0.2, 0) is 4.79 Å². The van der Waals surface area contributed by atoms with E-state index in [1.165, 1.54) is 13.2 Å². The van der Waals surface area contributed by atoms with E-state index in [2.05, 4.69) is 5.32 Å². The fourth-order valence-electron chi connectivity index (χ4n) is 1.15. The summed E-state index contributed by atoms with van der Waals surface area (Å²) in [6.45, 7) is 1.76. The lowest BCUT2D eigenvalue weighted by atomic mass is 10.2. The SMILES string of the molecule is COc1ccc(NC(=O)C(F)F)cc1C. The van der Waals surface area contributed by atoms with Crippen LogP contribution in [0.1, 0.15) is 5.56 Å². The average Bonchev–Trinajstić information content (AvgIpc) is 2.18. The Morgan fingerprint density at radius 1 is 1.47 bits per heavy atom. The Kier molecular flexibility index (Phi) is 3.60. The molecule has 0 fully saturated rings. The van der Waals surface area contributed by atoms with Gasteiger partial charge in [0.15, 0.2) is 0 Å². The lowest BCUT2D eigenvalue weighted by Gasteiger charge is -2.08.